The molecule has 1 atom stereocenters. The summed E-state index contributed by atoms with van der Waals surface area (Å²) >= 11 is 9.72. The van der Waals surface area contributed by atoms with Crippen molar-refractivity contribution in [1.29, 1.82) is 0 Å². The van der Waals surface area contributed by atoms with Gasteiger partial charge < -0.3 is 13.9 Å². The average Bonchev–Trinajstić information content (AvgIpc) is 3.32. The molecule has 188 valence electrons. The number of para-hydroxylation sites is 1. The smallest absolute Gasteiger partial charge is 0.282 e. The first-order chi connectivity index (χ1) is 17.9. The Morgan fingerprint density at radius 3 is 2.78 bits per heavy atom. The molecule has 0 fully saturated rings. The van der Waals surface area contributed by atoms with Gasteiger partial charge in [-0.2, -0.15) is 9.78 Å². The SMILES string of the molecule is CC[C@@H](C)Oc1c(Br)cc(C=Nn2c(-c3cc4cc(Cl)ccc4o3)nc3ccccc3c2=O)cc1OC. The molecule has 3 aromatic carbocycles. The molecule has 2 heterocycles. The lowest BCUT2D eigenvalue weighted by Gasteiger charge is -2.17. The number of methoxy groups -OCH3 is 1. The van der Waals surface area contributed by atoms with Crippen LogP contribution in [0.4, 0.5) is 0 Å². The van der Waals surface area contributed by atoms with Crippen molar-refractivity contribution < 1.29 is 13.9 Å². The molecule has 0 amide bonds. The zero-order valence-corrected chi connectivity index (χ0v) is 22.7. The zero-order chi connectivity index (χ0) is 26.1. The summed E-state index contributed by atoms with van der Waals surface area (Å²) in [6, 6.07) is 17.9. The first-order valence-corrected chi connectivity index (χ1v) is 12.8. The molecule has 2 aromatic heterocycles. The van der Waals surface area contributed by atoms with E-state index in [1.807, 2.05) is 19.1 Å². The fourth-order valence-electron chi connectivity index (χ4n) is 3.85. The lowest BCUT2D eigenvalue weighted by atomic mass is 10.2. The Kier molecular flexibility index (Phi) is 7.04. The Balaban J connectivity index is 1.64. The number of nitrogens with zero attached hydrogens (tertiary/aromatic N) is 3. The number of fused-ring (bicyclic) bond motifs is 2. The fraction of sp³-hybridized carbons (Fsp3) is 0.179. The predicted octanol–water partition coefficient (Wildman–Crippen LogP) is 7.29. The average molecular weight is 581 g/mol. The minimum Gasteiger partial charge on any atom is -0.493 e. The molecule has 0 aliphatic carbocycles. The minimum atomic E-state index is -0.321. The third-order valence-corrected chi connectivity index (χ3v) is 6.74. The topological polar surface area (TPSA) is 78.9 Å². The Morgan fingerprint density at radius 2 is 2.00 bits per heavy atom. The van der Waals surface area contributed by atoms with Crippen LogP contribution in [0, 0.1) is 0 Å². The summed E-state index contributed by atoms with van der Waals surface area (Å²) in [6.07, 6.45) is 2.45. The summed E-state index contributed by atoms with van der Waals surface area (Å²) in [5.74, 6) is 1.83. The molecule has 0 aliphatic heterocycles. The van der Waals surface area contributed by atoms with Gasteiger partial charge in [-0.05, 0) is 83.4 Å². The molecular weight excluding hydrogens is 558 g/mol. The molecule has 0 aliphatic rings. The van der Waals surface area contributed by atoms with E-state index < -0.39 is 0 Å². The van der Waals surface area contributed by atoms with Crippen LogP contribution in [0.1, 0.15) is 25.8 Å². The number of furan rings is 1. The summed E-state index contributed by atoms with van der Waals surface area (Å²) < 4.78 is 19.6. The highest BCUT2D eigenvalue weighted by Gasteiger charge is 2.17. The van der Waals surface area contributed by atoms with Crippen LogP contribution < -0.4 is 15.0 Å². The van der Waals surface area contributed by atoms with E-state index >= 15 is 0 Å². The van der Waals surface area contributed by atoms with Crippen molar-refractivity contribution in [2.75, 3.05) is 7.11 Å². The Labute approximate surface area is 226 Å². The number of ether oxygens (including phenoxy) is 2. The van der Waals surface area contributed by atoms with Crippen molar-refractivity contribution in [3.8, 4) is 23.1 Å². The normalized spacial score (nSPS) is 12.5. The lowest BCUT2D eigenvalue weighted by Crippen LogP contribution is -2.20. The second kappa shape index (κ2) is 10.4. The number of rotatable bonds is 7. The van der Waals surface area contributed by atoms with Gasteiger partial charge in [0.05, 0.1) is 34.8 Å². The summed E-state index contributed by atoms with van der Waals surface area (Å²) in [5.41, 5.74) is 1.55. The highest BCUT2D eigenvalue weighted by atomic mass is 79.9. The number of aromatic nitrogens is 2. The van der Waals surface area contributed by atoms with Gasteiger partial charge in [0.25, 0.3) is 5.56 Å². The molecule has 0 N–H and O–H groups in total. The summed E-state index contributed by atoms with van der Waals surface area (Å²) in [4.78, 5) is 18.2. The third kappa shape index (κ3) is 4.99. The molecule has 0 radical (unpaired) electrons. The monoisotopic (exact) mass is 579 g/mol. The fourth-order valence-corrected chi connectivity index (χ4v) is 4.59. The third-order valence-electron chi connectivity index (χ3n) is 5.92. The van der Waals surface area contributed by atoms with Crippen LogP contribution in [-0.4, -0.2) is 29.1 Å². The van der Waals surface area contributed by atoms with Gasteiger partial charge in [-0.1, -0.05) is 30.7 Å². The number of hydrogen-bond acceptors (Lipinski definition) is 6. The van der Waals surface area contributed by atoms with Gasteiger partial charge in [0, 0.05) is 10.4 Å². The molecule has 0 spiro atoms. The van der Waals surface area contributed by atoms with Crippen molar-refractivity contribution in [3.63, 3.8) is 0 Å². The van der Waals surface area contributed by atoms with Gasteiger partial charge in [-0.3, -0.25) is 4.79 Å². The van der Waals surface area contributed by atoms with Crippen molar-refractivity contribution in [2.45, 2.75) is 26.4 Å². The Hall–Kier alpha value is -3.62. The molecule has 37 heavy (non-hydrogen) atoms. The highest BCUT2D eigenvalue weighted by molar-refractivity contribution is 9.10. The molecule has 5 rings (SSSR count). The van der Waals surface area contributed by atoms with E-state index in [0.717, 1.165) is 11.8 Å². The van der Waals surface area contributed by atoms with Crippen molar-refractivity contribution in [1.82, 2.24) is 9.66 Å². The second-order valence-corrected chi connectivity index (χ2v) is 9.77. The Morgan fingerprint density at radius 1 is 1.19 bits per heavy atom. The number of benzene rings is 3. The van der Waals surface area contributed by atoms with Crippen molar-refractivity contribution in [2.24, 2.45) is 5.10 Å². The van der Waals surface area contributed by atoms with Crippen LogP contribution >= 0.6 is 27.5 Å². The summed E-state index contributed by atoms with van der Waals surface area (Å²) in [5, 5.41) is 6.35. The van der Waals surface area contributed by atoms with Crippen LogP contribution in [-0.2, 0) is 0 Å². The van der Waals surface area contributed by atoms with Crippen LogP contribution in [0.3, 0.4) is 0 Å². The molecular formula is C28H23BrClN3O4. The lowest BCUT2D eigenvalue weighted by molar-refractivity contribution is 0.206. The maximum atomic E-state index is 13.5. The number of hydrogen-bond donors (Lipinski definition) is 0. The van der Waals surface area contributed by atoms with Crippen LogP contribution in [0.2, 0.25) is 5.02 Å². The molecule has 0 unspecified atom stereocenters. The van der Waals surface area contributed by atoms with E-state index in [1.54, 1.807) is 61.9 Å². The van der Waals surface area contributed by atoms with Gasteiger partial charge in [0.1, 0.15) is 5.58 Å². The Bertz CT molecular complexity index is 1710. The standard InChI is InChI=1S/C28H23BrClN3O4/c1-4-16(2)36-26-21(29)11-17(12-24(26)35-3)15-31-33-27(32-22-8-6-5-7-20(22)28(33)34)25-14-18-13-19(30)9-10-23(18)37-25/h5-16H,4H2,1-3H3/t16-/m1/s1. The van der Waals surface area contributed by atoms with Crippen molar-refractivity contribution in [3.05, 3.63) is 86.1 Å². The molecule has 0 saturated carbocycles. The van der Waals surface area contributed by atoms with Gasteiger partial charge in [-0.15, -0.1) is 0 Å². The van der Waals surface area contributed by atoms with E-state index in [-0.39, 0.29) is 17.5 Å². The van der Waals surface area contributed by atoms with Gasteiger partial charge >= 0.3 is 0 Å². The maximum absolute atomic E-state index is 13.5. The first-order valence-electron chi connectivity index (χ1n) is 11.7. The predicted molar refractivity (Wildman–Crippen MR) is 150 cm³/mol. The minimum absolute atomic E-state index is 0.0215. The van der Waals surface area contributed by atoms with Gasteiger partial charge in [-0.25, -0.2) is 4.98 Å². The van der Waals surface area contributed by atoms with Crippen molar-refractivity contribution >= 4 is 55.6 Å². The first kappa shape index (κ1) is 25.0. The van der Waals surface area contributed by atoms with E-state index in [0.29, 0.717) is 48.8 Å². The maximum Gasteiger partial charge on any atom is 0.282 e. The van der Waals surface area contributed by atoms with E-state index in [9.17, 15) is 4.79 Å². The second-order valence-electron chi connectivity index (χ2n) is 8.48. The van der Waals surface area contributed by atoms with Crippen LogP contribution in [0.15, 0.2) is 79.4 Å². The highest BCUT2D eigenvalue weighted by Crippen LogP contribution is 2.37. The van der Waals surface area contributed by atoms with Crippen LogP contribution in [0.25, 0.3) is 33.5 Å². The zero-order valence-electron chi connectivity index (χ0n) is 20.4. The van der Waals surface area contributed by atoms with E-state index in [4.69, 9.17) is 30.5 Å². The summed E-state index contributed by atoms with van der Waals surface area (Å²) in [7, 11) is 1.58. The molecule has 7 nitrogen and oxygen atoms in total. The van der Waals surface area contributed by atoms with E-state index in [2.05, 4.69) is 28.0 Å². The van der Waals surface area contributed by atoms with Gasteiger partial charge in [0.2, 0.25) is 5.82 Å². The van der Waals surface area contributed by atoms with E-state index in [1.165, 1.54) is 4.68 Å². The number of halogens is 2. The molecule has 0 saturated heterocycles. The molecule has 5 aromatic rings. The summed E-state index contributed by atoms with van der Waals surface area (Å²) in [6.45, 7) is 4.05. The van der Waals surface area contributed by atoms with Crippen LogP contribution in [0.5, 0.6) is 11.5 Å². The largest absolute Gasteiger partial charge is 0.493 e. The van der Waals surface area contributed by atoms with Gasteiger partial charge in [0.15, 0.2) is 17.3 Å². The molecule has 0 bridgehead atoms. The quantitative estimate of drug-likeness (QED) is 0.189. The molecule has 9 heteroatoms.